The van der Waals surface area contributed by atoms with E-state index in [4.69, 9.17) is 4.74 Å². The maximum atomic E-state index is 13.2. The lowest BCUT2D eigenvalue weighted by atomic mass is 9.98. The first-order valence-electron chi connectivity index (χ1n) is 13.8. The summed E-state index contributed by atoms with van der Waals surface area (Å²) in [4.78, 5) is 45.2. The molecule has 218 valence electrons. The van der Waals surface area contributed by atoms with Gasteiger partial charge in [0.2, 0.25) is 11.8 Å². The van der Waals surface area contributed by atoms with Crippen LogP contribution in [0.15, 0.2) is 46.1 Å². The van der Waals surface area contributed by atoms with Crippen molar-refractivity contribution in [3.63, 3.8) is 0 Å². The SMILES string of the molecule is CCSc1nc(CC(=O)N2CCCNC(=O)c3cc(ccc3OC)-c3cc(ccc3O)CCNC(=O)CCC2)cs1. The van der Waals surface area contributed by atoms with E-state index in [2.05, 4.69) is 22.5 Å². The normalized spacial score (nSPS) is 15.2. The molecule has 1 aliphatic rings. The largest absolute Gasteiger partial charge is 0.507 e. The van der Waals surface area contributed by atoms with Crippen molar-refractivity contribution in [2.45, 2.75) is 43.4 Å². The lowest BCUT2D eigenvalue weighted by Gasteiger charge is -2.22. The van der Waals surface area contributed by atoms with Gasteiger partial charge in [-0.15, -0.1) is 11.3 Å². The Kier molecular flexibility index (Phi) is 11.0. The number of amides is 3. The number of thiazole rings is 1. The third-order valence-electron chi connectivity index (χ3n) is 6.76. The van der Waals surface area contributed by atoms with Gasteiger partial charge in [0.05, 0.1) is 24.8 Å². The molecule has 3 amide bonds. The van der Waals surface area contributed by atoms with Crippen molar-refractivity contribution in [1.29, 1.82) is 0 Å². The van der Waals surface area contributed by atoms with E-state index in [1.807, 2.05) is 17.5 Å². The van der Waals surface area contributed by atoms with Crippen molar-refractivity contribution in [2.24, 2.45) is 0 Å². The second kappa shape index (κ2) is 14.9. The van der Waals surface area contributed by atoms with Crippen LogP contribution < -0.4 is 15.4 Å². The highest BCUT2D eigenvalue weighted by Crippen LogP contribution is 2.33. The number of benzene rings is 2. The number of methoxy groups -OCH3 is 1. The van der Waals surface area contributed by atoms with Crippen LogP contribution in [-0.2, 0) is 22.4 Å². The molecule has 11 heteroatoms. The first-order chi connectivity index (χ1) is 19.9. The van der Waals surface area contributed by atoms with Crippen molar-refractivity contribution in [2.75, 3.05) is 39.0 Å². The van der Waals surface area contributed by atoms with E-state index in [1.54, 1.807) is 52.3 Å². The van der Waals surface area contributed by atoms with Crippen LogP contribution in [0.25, 0.3) is 11.1 Å². The number of thioether (sulfide) groups is 1. The molecule has 0 fully saturated rings. The number of nitrogens with one attached hydrogen (secondary N) is 2. The number of hydrogen-bond donors (Lipinski definition) is 3. The summed E-state index contributed by atoms with van der Waals surface area (Å²) in [5.41, 5.74) is 3.32. The lowest BCUT2D eigenvalue weighted by molar-refractivity contribution is -0.131. The molecule has 4 rings (SSSR count). The number of nitrogens with zero attached hydrogens (tertiary/aromatic N) is 2. The van der Waals surface area contributed by atoms with Crippen LogP contribution in [-0.4, -0.2) is 71.8 Å². The second-order valence-corrected chi connectivity index (χ2v) is 12.0. The zero-order valence-electron chi connectivity index (χ0n) is 23.4. The Morgan fingerprint density at radius 2 is 1.90 bits per heavy atom. The summed E-state index contributed by atoms with van der Waals surface area (Å²) in [6.07, 6.45) is 2.17. The van der Waals surface area contributed by atoms with Crippen LogP contribution in [0.4, 0.5) is 0 Å². The molecule has 2 heterocycles. The van der Waals surface area contributed by atoms with Crippen molar-refractivity contribution in [3.8, 4) is 22.6 Å². The summed E-state index contributed by atoms with van der Waals surface area (Å²) in [7, 11) is 1.51. The van der Waals surface area contributed by atoms with Crippen LogP contribution in [0.1, 0.15) is 47.8 Å². The number of ether oxygens (including phenoxy) is 1. The fourth-order valence-electron chi connectivity index (χ4n) is 4.64. The molecule has 0 atom stereocenters. The molecule has 0 radical (unpaired) electrons. The topological polar surface area (TPSA) is 121 Å². The average Bonchev–Trinajstić information content (AvgIpc) is 3.41. The fraction of sp³-hybridized carbons (Fsp3) is 0.400. The van der Waals surface area contributed by atoms with Crippen LogP contribution in [0.5, 0.6) is 11.5 Å². The average molecular weight is 597 g/mol. The number of rotatable bonds is 5. The molecule has 2 aromatic carbocycles. The number of phenolic OH excluding ortho intramolecular Hbond substituents is 1. The van der Waals surface area contributed by atoms with Crippen LogP contribution in [0.3, 0.4) is 0 Å². The zero-order chi connectivity index (χ0) is 29.2. The maximum absolute atomic E-state index is 13.2. The van der Waals surface area contributed by atoms with Crippen molar-refractivity contribution >= 4 is 40.8 Å². The van der Waals surface area contributed by atoms with Crippen molar-refractivity contribution in [1.82, 2.24) is 20.5 Å². The summed E-state index contributed by atoms with van der Waals surface area (Å²) in [6.45, 7) is 3.75. The van der Waals surface area contributed by atoms with E-state index in [1.165, 1.54) is 7.11 Å². The number of phenols is 1. The minimum Gasteiger partial charge on any atom is -0.507 e. The van der Waals surface area contributed by atoms with Gasteiger partial charge in [-0.1, -0.05) is 30.8 Å². The number of hydrogen-bond acceptors (Lipinski definition) is 8. The molecule has 3 aromatic rings. The van der Waals surface area contributed by atoms with Gasteiger partial charge in [0.25, 0.3) is 5.91 Å². The van der Waals surface area contributed by atoms with E-state index in [9.17, 15) is 19.5 Å². The van der Waals surface area contributed by atoms with Crippen molar-refractivity contribution < 1.29 is 24.2 Å². The molecule has 9 nitrogen and oxygen atoms in total. The van der Waals surface area contributed by atoms with Gasteiger partial charge >= 0.3 is 0 Å². The molecule has 1 aliphatic heterocycles. The highest BCUT2D eigenvalue weighted by Gasteiger charge is 2.19. The molecule has 41 heavy (non-hydrogen) atoms. The van der Waals surface area contributed by atoms with Gasteiger partial charge in [0.15, 0.2) is 0 Å². The van der Waals surface area contributed by atoms with Gasteiger partial charge < -0.3 is 25.4 Å². The molecule has 0 saturated heterocycles. The van der Waals surface area contributed by atoms with E-state index < -0.39 is 0 Å². The Hall–Kier alpha value is -3.57. The molecular formula is C30H36N4O5S2. The summed E-state index contributed by atoms with van der Waals surface area (Å²) in [5.74, 6) is 1.04. The number of carbonyl (C=O) groups excluding carboxylic acids is 3. The highest BCUT2D eigenvalue weighted by atomic mass is 32.2. The predicted molar refractivity (Wildman–Crippen MR) is 162 cm³/mol. The van der Waals surface area contributed by atoms with Crippen LogP contribution in [0, 0.1) is 0 Å². The Morgan fingerprint density at radius 3 is 2.71 bits per heavy atom. The Labute approximate surface area is 248 Å². The predicted octanol–water partition coefficient (Wildman–Crippen LogP) is 4.28. The molecule has 3 N–H and O–H groups in total. The minimum absolute atomic E-state index is 0.0468. The van der Waals surface area contributed by atoms with E-state index in [0.717, 1.165) is 21.3 Å². The van der Waals surface area contributed by atoms with E-state index in [-0.39, 0.29) is 29.9 Å². The van der Waals surface area contributed by atoms with Crippen LogP contribution >= 0.6 is 23.1 Å². The summed E-state index contributed by atoms with van der Waals surface area (Å²) < 4.78 is 6.39. The zero-order valence-corrected chi connectivity index (χ0v) is 25.0. The molecule has 4 bridgehead atoms. The minimum atomic E-state index is -0.298. The summed E-state index contributed by atoms with van der Waals surface area (Å²) in [5, 5.41) is 18.4. The molecule has 0 spiro atoms. The van der Waals surface area contributed by atoms with Gasteiger partial charge in [-0.25, -0.2) is 4.98 Å². The Bertz CT molecular complexity index is 1380. The lowest BCUT2D eigenvalue weighted by Crippen LogP contribution is -2.37. The molecule has 1 aromatic heterocycles. The van der Waals surface area contributed by atoms with Gasteiger partial charge in [-0.05, 0) is 60.4 Å². The first kappa shape index (κ1) is 30.4. The standard InChI is InChI=1S/C30H36N4O5S2/c1-3-40-30-33-22(19-41-30)18-28(37)34-14-4-6-27(36)31-13-11-20-7-9-25(35)23(16-20)21-8-10-26(39-2)24(17-21)29(38)32-12-5-15-34/h7-10,16-17,19,35H,3-6,11-15,18H2,1-2H3,(H,31,36)(H,32,38). The third kappa shape index (κ3) is 8.46. The van der Waals surface area contributed by atoms with E-state index >= 15 is 0 Å². The van der Waals surface area contributed by atoms with Gasteiger partial charge in [0, 0.05) is 43.5 Å². The van der Waals surface area contributed by atoms with Gasteiger partial charge in [-0.3, -0.25) is 14.4 Å². The fourth-order valence-corrected chi connectivity index (χ4v) is 6.38. The van der Waals surface area contributed by atoms with Crippen molar-refractivity contribution in [3.05, 3.63) is 58.6 Å². The molecule has 0 unspecified atom stereocenters. The maximum Gasteiger partial charge on any atom is 0.255 e. The van der Waals surface area contributed by atoms with Gasteiger partial charge in [0.1, 0.15) is 15.8 Å². The third-order valence-corrected chi connectivity index (χ3v) is 8.71. The summed E-state index contributed by atoms with van der Waals surface area (Å²) >= 11 is 3.20. The molecule has 0 aliphatic carbocycles. The van der Waals surface area contributed by atoms with Gasteiger partial charge in [-0.2, -0.15) is 0 Å². The Balaban J connectivity index is 1.52. The van der Waals surface area contributed by atoms with E-state index in [0.29, 0.717) is 74.3 Å². The number of aromatic hydroxyl groups is 1. The Morgan fingerprint density at radius 1 is 1.07 bits per heavy atom. The number of carbonyl (C=O) groups is 3. The first-order valence-corrected chi connectivity index (χ1v) is 15.6. The smallest absolute Gasteiger partial charge is 0.255 e. The monoisotopic (exact) mass is 596 g/mol. The highest BCUT2D eigenvalue weighted by molar-refractivity contribution is 8.00. The molecule has 0 saturated carbocycles. The summed E-state index contributed by atoms with van der Waals surface area (Å²) in [6, 6.07) is 10.5. The second-order valence-electron chi connectivity index (χ2n) is 9.67. The molecular weight excluding hydrogens is 560 g/mol. The van der Waals surface area contributed by atoms with Crippen LogP contribution in [0.2, 0.25) is 0 Å². The number of fused-ring (bicyclic) bond motifs is 5. The number of aromatic nitrogens is 1. The quantitative estimate of drug-likeness (QED) is 0.376.